The number of nitrogens with one attached hydrogen (secondary N) is 2. The molecule has 0 unspecified atom stereocenters. The zero-order valence-corrected chi connectivity index (χ0v) is 12.8. The Labute approximate surface area is 138 Å². The van der Waals surface area contributed by atoms with Crippen LogP contribution in [0, 0.1) is 5.82 Å². The second-order valence-electron chi connectivity index (χ2n) is 5.29. The van der Waals surface area contributed by atoms with Crippen LogP contribution in [0.3, 0.4) is 0 Å². The van der Waals surface area contributed by atoms with Gasteiger partial charge < -0.3 is 15.7 Å². The molecule has 0 atom stereocenters. The maximum Gasteiger partial charge on any atom is 0.319 e. The minimum absolute atomic E-state index is 0.181. The number of pyridine rings is 1. The predicted octanol–water partition coefficient (Wildman–Crippen LogP) is 3.19. The molecule has 0 saturated carbocycles. The van der Waals surface area contributed by atoms with Crippen LogP contribution in [-0.4, -0.2) is 16.1 Å². The number of anilines is 1. The largest absolute Gasteiger partial charge is 0.392 e. The zero-order valence-electron chi connectivity index (χ0n) is 12.8. The summed E-state index contributed by atoms with van der Waals surface area (Å²) in [6.45, 7) is -0.170. The van der Waals surface area contributed by atoms with Gasteiger partial charge in [-0.3, -0.25) is 4.98 Å². The van der Waals surface area contributed by atoms with E-state index in [1.165, 1.54) is 12.1 Å². The van der Waals surface area contributed by atoms with Crippen LogP contribution < -0.4 is 10.6 Å². The molecule has 0 aliphatic heterocycles. The van der Waals surface area contributed by atoms with E-state index in [0.717, 1.165) is 10.8 Å². The van der Waals surface area contributed by atoms with E-state index in [1.807, 2.05) is 18.2 Å². The Morgan fingerprint density at radius 1 is 1.21 bits per heavy atom. The maximum absolute atomic E-state index is 13.6. The molecule has 0 saturated heterocycles. The van der Waals surface area contributed by atoms with Crippen molar-refractivity contribution in [3.63, 3.8) is 0 Å². The Kier molecular flexibility index (Phi) is 4.67. The first kappa shape index (κ1) is 15.9. The average molecular weight is 325 g/mol. The number of aliphatic hydroxyl groups is 1. The van der Waals surface area contributed by atoms with Gasteiger partial charge in [-0.15, -0.1) is 0 Å². The molecule has 0 bridgehead atoms. The van der Waals surface area contributed by atoms with Gasteiger partial charge in [0.1, 0.15) is 5.82 Å². The van der Waals surface area contributed by atoms with Gasteiger partial charge in [0.2, 0.25) is 0 Å². The Hall–Kier alpha value is -2.99. The van der Waals surface area contributed by atoms with Crippen LogP contribution >= 0.6 is 0 Å². The third kappa shape index (κ3) is 3.49. The normalized spacial score (nSPS) is 10.6. The monoisotopic (exact) mass is 325 g/mol. The van der Waals surface area contributed by atoms with E-state index < -0.39 is 5.82 Å². The second kappa shape index (κ2) is 7.06. The lowest BCUT2D eigenvalue weighted by molar-refractivity contribution is 0.251. The molecule has 1 heterocycles. The fraction of sp³-hybridized carbons (Fsp3) is 0.111. The van der Waals surface area contributed by atoms with Crippen LogP contribution in [0.2, 0.25) is 0 Å². The molecule has 122 valence electrons. The molecule has 6 heteroatoms. The fourth-order valence-electron chi connectivity index (χ4n) is 2.41. The van der Waals surface area contributed by atoms with E-state index in [9.17, 15) is 9.18 Å². The number of aromatic nitrogens is 1. The summed E-state index contributed by atoms with van der Waals surface area (Å²) in [5.41, 5.74) is 1.52. The average Bonchev–Trinajstić information content (AvgIpc) is 2.60. The molecule has 0 radical (unpaired) electrons. The van der Waals surface area contributed by atoms with Crippen LogP contribution in [0.5, 0.6) is 0 Å². The van der Waals surface area contributed by atoms with Crippen molar-refractivity contribution < 1.29 is 14.3 Å². The van der Waals surface area contributed by atoms with Crippen LogP contribution in [0.25, 0.3) is 10.8 Å². The van der Waals surface area contributed by atoms with E-state index in [1.54, 1.807) is 24.5 Å². The van der Waals surface area contributed by atoms with E-state index in [-0.39, 0.29) is 24.7 Å². The molecule has 0 aliphatic rings. The molecular weight excluding hydrogens is 309 g/mol. The second-order valence-corrected chi connectivity index (χ2v) is 5.29. The Bertz CT molecular complexity index is 878. The molecule has 1 aromatic heterocycles. The molecule has 5 nitrogen and oxygen atoms in total. The summed E-state index contributed by atoms with van der Waals surface area (Å²) >= 11 is 0. The number of carbonyl (C=O) groups excluding carboxylic acids is 1. The first-order valence-corrected chi connectivity index (χ1v) is 7.43. The number of amides is 2. The lowest BCUT2D eigenvalue weighted by Gasteiger charge is -2.10. The highest BCUT2D eigenvalue weighted by Gasteiger charge is 2.07. The van der Waals surface area contributed by atoms with E-state index in [0.29, 0.717) is 11.3 Å². The van der Waals surface area contributed by atoms with Gasteiger partial charge in [-0.1, -0.05) is 24.3 Å². The van der Waals surface area contributed by atoms with Crippen molar-refractivity contribution in [3.05, 3.63) is 71.8 Å². The third-order valence-corrected chi connectivity index (χ3v) is 3.67. The number of carbonyl (C=O) groups is 1. The maximum atomic E-state index is 13.6. The van der Waals surface area contributed by atoms with Crippen molar-refractivity contribution in [2.24, 2.45) is 0 Å². The van der Waals surface area contributed by atoms with Crippen molar-refractivity contribution in [2.75, 3.05) is 5.32 Å². The van der Waals surface area contributed by atoms with Crippen LogP contribution in [-0.2, 0) is 13.2 Å². The summed E-state index contributed by atoms with van der Waals surface area (Å²) in [5, 5.41) is 16.2. The predicted molar refractivity (Wildman–Crippen MR) is 89.9 cm³/mol. The smallest absolute Gasteiger partial charge is 0.319 e. The van der Waals surface area contributed by atoms with Gasteiger partial charge in [0.05, 0.1) is 12.3 Å². The molecule has 3 N–H and O–H groups in total. The standard InChI is InChI=1S/C18H16FN3O2/c19-16-8-12(4-5-14(16)11-23)9-21-18(24)22-17-3-1-2-13-10-20-7-6-15(13)17/h1-8,10,23H,9,11H2,(H2,21,22,24). The summed E-state index contributed by atoms with van der Waals surface area (Å²) < 4.78 is 13.6. The van der Waals surface area contributed by atoms with Crippen molar-refractivity contribution in [1.82, 2.24) is 10.3 Å². The van der Waals surface area contributed by atoms with Gasteiger partial charge in [0, 0.05) is 35.3 Å². The molecule has 2 amide bonds. The molecule has 3 rings (SSSR count). The first-order chi connectivity index (χ1) is 11.7. The minimum atomic E-state index is -0.487. The van der Waals surface area contributed by atoms with E-state index >= 15 is 0 Å². The Morgan fingerprint density at radius 3 is 2.88 bits per heavy atom. The molecule has 24 heavy (non-hydrogen) atoms. The molecular formula is C18H16FN3O2. The van der Waals surface area contributed by atoms with Crippen LogP contribution in [0.15, 0.2) is 54.9 Å². The zero-order chi connectivity index (χ0) is 16.9. The molecule has 3 aromatic rings. The van der Waals surface area contributed by atoms with Gasteiger partial charge in [-0.05, 0) is 23.8 Å². The quantitative estimate of drug-likeness (QED) is 0.690. The summed E-state index contributed by atoms with van der Waals surface area (Å²) in [4.78, 5) is 16.1. The molecule has 2 aromatic carbocycles. The van der Waals surface area contributed by atoms with Gasteiger partial charge in [0.15, 0.2) is 0 Å². The number of hydrogen-bond donors (Lipinski definition) is 3. The van der Waals surface area contributed by atoms with Crippen molar-refractivity contribution >= 4 is 22.5 Å². The number of urea groups is 1. The van der Waals surface area contributed by atoms with Gasteiger partial charge in [-0.25, -0.2) is 9.18 Å². The summed E-state index contributed by atoms with van der Waals surface area (Å²) in [5.74, 6) is -0.487. The number of benzene rings is 2. The highest BCUT2D eigenvalue weighted by Crippen LogP contribution is 2.22. The van der Waals surface area contributed by atoms with Crippen LogP contribution in [0.4, 0.5) is 14.9 Å². The SMILES string of the molecule is O=C(NCc1ccc(CO)c(F)c1)Nc1cccc2cnccc12. The number of rotatable bonds is 4. The topological polar surface area (TPSA) is 74.2 Å². The first-order valence-electron chi connectivity index (χ1n) is 7.43. The highest BCUT2D eigenvalue weighted by molar-refractivity contribution is 6.01. The van der Waals surface area contributed by atoms with Gasteiger partial charge in [-0.2, -0.15) is 0 Å². The molecule has 0 fully saturated rings. The molecule has 0 spiro atoms. The number of fused-ring (bicyclic) bond motifs is 1. The van der Waals surface area contributed by atoms with Crippen molar-refractivity contribution in [1.29, 1.82) is 0 Å². The third-order valence-electron chi connectivity index (χ3n) is 3.67. The summed E-state index contributed by atoms with van der Waals surface area (Å²) in [6.07, 6.45) is 3.39. The fourth-order valence-corrected chi connectivity index (χ4v) is 2.41. The Morgan fingerprint density at radius 2 is 2.08 bits per heavy atom. The Balaban J connectivity index is 1.66. The number of nitrogens with zero attached hydrogens (tertiary/aromatic N) is 1. The number of halogens is 1. The van der Waals surface area contributed by atoms with Gasteiger partial charge >= 0.3 is 6.03 Å². The highest BCUT2D eigenvalue weighted by atomic mass is 19.1. The summed E-state index contributed by atoms with van der Waals surface area (Å²) in [7, 11) is 0. The van der Waals surface area contributed by atoms with E-state index in [2.05, 4.69) is 15.6 Å². The number of hydrogen-bond acceptors (Lipinski definition) is 3. The van der Waals surface area contributed by atoms with Crippen molar-refractivity contribution in [2.45, 2.75) is 13.2 Å². The minimum Gasteiger partial charge on any atom is -0.392 e. The van der Waals surface area contributed by atoms with Gasteiger partial charge in [0.25, 0.3) is 0 Å². The summed E-state index contributed by atoms with van der Waals surface area (Å²) in [6, 6.07) is 11.5. The lowest BCUT2D eigenvalue weighted by atomic mass is 10.1. The van der Waals surface area contributed by atoms with E-state index in [4.69, 9.17) is 5.11 Å². The molecule has 0 aliphatic carbocycles. The lowest BCUT2D eigenvalue weighted by Crippen LogP contribution is -2.28. The number of aliphatic hydroxyl groups excluding tert-OH is 1. The van der Waals surface area contributed by atoms with Crippen molar-refractivity contribution in [3.8, 4) is 0 Å². The van der Waals surface area contributed by atoms with Crippen LogP contribution in [0.1, 0.15) is 11.1 Å².